The molecule has 0 nitrogen and oxygen atoms in total. The lowest BCUT2D eigenvalue weighted by molar-refractivity contribution is -0.136. The fourth-order valence-electron chi connectivity index (χ4n) is 0.0896. The first-order valence-electron chi connectivity index (χ1n) is 1.86. The Morgan fingerprint density at radius 2 is 1.56 bits per heavy atom. The average Bonchev–Trinajstić information content (AvgIpc) is 1.64. The average molecular weight is 199 g/mol. The van der Waals surface area contributed by atoms with Crippen molar-refractivity contribution in [3.63, 3.8) is 0 Å². The summed E-state index contributed by atoms with van der Waals surface area (Å²) in [6.45, 7) is 0. The van der Waals surface area contributed by atoms with E-state index in [1.807, 2.05) is 0 Å². The Morgan fingerprint density at radius 1 is 1.22 bits per heavy atom. The van der Waals surface area contributed by atoms with Crippen LogP contribution >= 0.6 is 35.8 Å². The lowest BCUT2D eigenvalue weighted by Crippen LogP contribution is -2.35. The molecule has 56 valence electrons. The van der Waals surface area contributed by atoms with Gasteiger partial charge in [-0.3, -0.25) is 0 Å². The van der Waals surface area contributed by atoms with Crippen LogP contribution in [0.4, 0.5) is 13.2 Å². The van der Waals surface area contributed by atoms with Gasteiger partial charge < -0.3 is 0 Å². The van der Waals surface area contributed by atoms with Crippen molar-refractivity contribution in [2.24, 2.45) is 0 Å². The molecule has 0 N–H and O–H groups in total. The smallest absolute Gasteiger partial charge is 0.176 e. The molecular formula is C3H3Cl2F3S. The summed E-state index contributed by atoms with van der Waals surface area (Å²) in [5, 5.41) is 0. The van der Waals surface area contributed by atoms with Crippen LogP contribution in [0.15, 0.2) is 0 Å². The van der Waals surface area contributed by atoms with Crippen molar-refractivity contribution >= 4 is 35.8 Å². The highest BCUT2D eigenvalue weighted by Gasteiger charge is 2.51. The topological polar surface area (TPSA) is 0 Å². The second-order valence-electron chi connectivity index (χ2n) is 1.36. The number of thiol groups is 1. The molecule has 0 rings (SSSR count). The summed E-state index contributed by atoms with van der Waals surface area (Å²) in [5.74, 6) is -0.639. The quantitative estimate of drug-likeness (QED) is 0.487. The van der Waals surface area contributed by atoms with Crippen molar-refractivity contribution in [1.29, 1.82) is 0 Å². The first kappa shape index (κ1) is 9.72. The van der Waals surface area contributed by atoms with Crippen LogP contribution in [0.3, 0.4) is 0 Å². The SMILES string of the molecule is FC(F)(F)C(Cl)(Cl)CS. The highest BCUT2D eigenvalue weighted by molar-refractivity contribution is 7.80. The molecule has 0 aliphatic carbocycles. The molecule has 0 aliphatic rings. The first-order chi connectivity index (χ1) is 3.81. The third-order valence-corrected chi connectivity index (χ3v) is 2.16. The molecule has 0 atom stereocenters. The van der Waals surface area contributed by atoms with Gasteiger partial charge in [-0.2, -0.15) is 25.8 Å². The maximum Gasteiger partial charge on any atom is 0.422 e. The fourth-order valence-corrected chi connectivity index (χ4v) is 0.269. The minimum absolute atomic E-state index is 0.639. The molecule has 0 fully saturated rings. The zero-order valence-corrected chi connectivity index (χ0v) is 6.45. The van der Waals surface area contributed by atoms with Gasteiger partial charge >= 0.3 is 6.18 Å². The summed E-state index contributed by atoms with van der Waals surface area (Å²) in [4.78, 5) is 0. The van der Waals surface area contributed by atoms with Crippen molar-refractivity contribution in [3.05, 3.63) is 0 Å². The molecule has 9 heavy (non-hydrogen) atoms. The van der Waals surface area contributed by atoms with E-state index in [9.17, 15) is 13.2 Å². The van der Waals surface area contributed by atoms with E-state index in [-0.39, 0.29) is 0 Å². The normalized spacial score (nSPS) is 14.0. The number of rotatable bonds is 1. The van der Waals surface area contributed by atoms with Crippen LogP contribution in [0.25, 0.3) is 0 Å². The van der Waals surface area contributed by atoms with E-state index in [2.05, 4.69) is 12.6 Å². The first-order valence-corrected chi connectivity index (χ1v) is 3.25. The largest absolute Gasteiger partial charge is 0.422 e. The fraction of sp³-hybridized carbons (Fsp3) is 1.00. The highest BCUT2D eigenvalue weighted by atomic mass is 35.5. The van der Waals surface area contributed by atoms with Crippen LogP contribution in [-0.2, 0) is 0 Å². The van der Waals surface area contributed by atoms with Gasteiger partial charge in [0.05, 0.1) is 0 Å². The third kappa shape index (κ3) is 2.43. The predicted molar refractivity (Wildman–Crippen MR) is 34.3 cm³/mol. The van der Waals surface area contributed by atoms with Crippen LogP contribution in [0.2, 0.25) is 0 Å². The summed E-state index contributed by atoms with van der Waals surface area (Å²) in [6.07, 6.45) is -4.60. The Kier molecular flexibility index (Phi) is 2.98. The molecule has 6 heteroatoms. The number of alkyl halides is 5. The van der Waals surface area contributed by atoms with Crippen molar-refractivity contribution < 1.29 is 13.2 Å². The summed E-state index contributed by atoms with van der Waals surface area (Å²) >= 11 is 12.8. The Labute approximate surface area is 65.7 Å². The van der Waals surface area contributed by atoms with Gasteiger partial charge in [0.2, 0.25) is 4.33 Å². The Balaban J connectivity index is 4.14. The second kappa shape index (κ2) is 2.76. The van der Waals surface area contributed by atoms with Crippen LogP contribution < -0.4 is 0 Å². The molecule has 0 saturated heterocycles. The van der Waals surface area contributed by atoms with Crippen LogP contribution in [0.1, 0.15) is 0 Å². The summed E-state index contributed by atoms with van der Waals surface area (Å²) in [6, 6.07) is 0. The monoisotopic (exact) mass is 198 g/mol. The van der Waals surface area contributed by atoms with E-state index in [0.717, 1.165) is 0 Å². The van der Waals surface area contributed by atoms with Gasteiger partial charge in [0.25, 0.3) is 0 Å². The van der Waals surface area contributed by atoms with Gasteiger partial charge in [-0.25, -0.2) is 0 Å². The van der Waals surface area contributed by atoms with Crippen LogP contribution in [0.5, 0.6) is 0 Å². The molecule has 0 bridgehead atoms. The molecule has 0 unspecified atom stereocenters. The standard InChI is InChI=1S/C3H3Cl2F3S/c4-2(5,1-9)3(6,7)8/h9H,1H2. The molecule has 0 aromatic heterocycles. The van der Waals surface area contributed by atoms with Gasteiger partial charge in [0.15, 0.2) is 0 Å². The van der Waals surface area contributed by atoms with Crippen molar-refractivity contribution in [2.45, 2.75) is 10.5 Å². The number of halogens is 5. The zero-order valence-electron chi connectivity index (χ0n) is 4.04. The minimum atomic E-state index is -4.60. The predicted octanol–water partition coefficient (Wildman–Crippen LogP) is 2.65. The van der Waals surface area contributed by atoms with E-state index < -0.39 is 16.3 Å². The van der Waals surface area contributed by atoms with E-state index in [1.165, 1.54) is 0 Å². The Morgan fingerprint density at radius 3 is 1.56 bits per heavy atom. The van der Waals surface area contributed by atoms with Gasteiger partial charge in [0, 0.05) is 5.75 Å². The maximum atomic E-state index is 11.5. The van der Waals surface area contributed by atoms with Crippen LogP contribution in [0, 0.1) is 0 Å². The summed E-state index contributed by atoms with van der Waals surface area (Å²) < 4.78 is 31.9. The number of hydrogen-bond acceptors (Lipinski definition) is 1. The lowest BCUT2D eigenvalue weighted by Gasteiger charge is -2.19. The molecule has 0 amide bonds. The minimum Gasteiger partial charge on any atom is -0.176 e. The molecule has 0 saturated carbocycles. The van der Waals surface area contributed by atoms with Gasteiger partial charge in [-0.1, -0.05) is 23.2 Å². The van der Waals surface area contributed by atoms with Gasteiger partial charge in [-0.15, -0.1) is 0 Å². The molecule has 0 aromatic carbocycles. The summed E-state index contributed by atoms with van der Waals surface area (Å²) in [5.41, 5.74) is 0. The molecule has 0 aliphatic heterocycles. The van der Waals surface area contributed by atoms with Gasteiger partial charge in [0.1, 0.15) is 0 Å². The molecule has 0 spiro atoms. The van der Waals surface area contributed by atoms with E-state index in [0.29, 0.717) is 0 Å². The Bertz CT molecular complexity index is 99.7. The van der Waals surface area contributed by atoms with Gasteiger partial charge in [-0.05, 0) is 0 Å². The highest BCUT2D eigenvalue weighted by Crippen LogP contribution is 2.40. The van der Waals surface area contributed by atoms with Crippen molar-refractivity contribution in [2.75, 3.05) is 5.75 Å². The summed E-state index contributed by atoms with van der Waals surface area (Å²) in [7, 11) is 0. The van der Waals surface area contributed by atoms with Crippen molar-refractivity contribution in [1.82, 2.24) is 0 Å². The molecular weight excluding hydrogens is 196 g/mol. The van der Waals surface area contributed by atoms with Crippen molar-refractivity contribution in [3.8, 4) is 0 Å². The number of hydrogen-bond donors (Lipinski definition) is 1. The van der Waals surface area contributed by atoms with Crippen LogP contribution in [-0.4, -0.2) is 16.3 Å². The Hall–Kier alpha value is 0.720. The lowest BCUT2D eigenvalue weighted by atomic mass is 10.4. The molecule has 0 aromatic rings. The molecule has 0 heterocycles. The van der Waals surface area contributed by atoms with E-state index >= 15 is 0 Å². The molecule has 0 radical (unpaired) electrons. The zero-order chi connectivity index (χ0) is 7.71. The van der Waals surface area contributed by atoms with E-state index in [4.69, 9.17) is 23.2 Å². The maximum absolute atomic E-state index is 11.5. The second-order valence-corrected chi connectivity index (χ2v) is 3.16. The van der Waals surface area contributed by atoms with E-state index in [1.54, 1.807) is 0 Å². The third-order valence-electron chi connectivity index (χ3n) is 0.613.